The molecule has 7 heteroatoms. The van der Waals surface area contributed by atoms with E-state index >= 15 is 0 Å². The molecule has 0 bridgehead atoms. The first kappa shape index (κ1) is 38.8. The number of allylic oxidation sites excluding steroid dienone is 3. The summed E-state index contributed by atoms with van der Waals surface area (Å²) in [5.74, 6) is -1.00. The minimum Gasteiger partial charge on any atom is -0.387 e. The molecule has 0 fully saturated rings. The molecule has 0 heterocycles. The number of nitrogens with one attached hydrogen (secondary N) is 1. The van der Waals surface area contributed by atoms with E-state index in [4.69, 9.17) is 0 Å². The summed E-state index contributed by atoms with van der Waals surface area (Å²) in [6.07, 6.45) is 33.2. The van der Waals surface area contributed by atoms with Gasteiger partial charge in [-0.15, -0.1) is 0 Å². The Morgan fingerprint density at radius 3 is 1.57 bits per heavy atom. The number of carbonyl (C=O) groups is 1. The van der Waals surface area contributed by atoms with Crippen molar-refractivity contribution in [3.63, 3.8) is 0 Å². The van der Waals surface area contributed by atoms with Gasteiger partial charge in [-0.05, 0) is 32.1 Å². The molecule has 0 aromatic heterocycles. The lowest BCUT2D eigenvalue weighted by Crippen LogP contribution is -2.46. The second-order valence-corrected chi connectivity index (χ2v) is 12.9. The summed E-state index contributed by atoms with van der Waals surface area (Å²) >= 11 is 0. The number of rotatable bonds is 29. The summed E-state index contributed by atoms with van der Waals surface area (Å²) in [7, 11) is -4.34. The molecule has 0 aromatic rings. The first-order valence-electron chi connectivity index (χ1n) is 16.5. The van der Waals surface area contributed by atoms with Crippen LogP contribution >= 0.6 is 0 Å². The van der Waals surface area contributed by atoms with Crippen LogP contribution in [0.15, 0.2) is 24.3 Å². The Morgan fingerprint density at radius 1 is 0.650 bits per heavy atom. The molecule has 1 amide bonds. The maximum Gasteiger partial charge on any atom is 0.267 e. The van der Waals surface area contributed by atoms with E-state index < -0.39 is 28.0 Å². The van der Waals surface area contributed by atoms with Crippen molar-refractivity contribution in [1.29, 1.82) is 0 Å². The number of hydrogen-bond acceptors (Lipinski definition) is 4. The average Bonchev–Trinajstić information content (AvgIpc) is 2.90. The zero-order chi connectivity index (χ0) is 29.7. The molecule has 0 aliphatic carbocycles. The first-order valence-corrected chi connectivity index (χ1v) is 18.1. The summed E-state index contributed by atoms with van der Waals surface area (Å²) < 4.78 is 32.1. The lowest BCUT2D eigenvalue weighted by molar-refractivity contribution is -0.122. The number of aliphatic hydroxyl groups excluding tert-OH is 1. The molecule has 40 heavy (non-hydrogen) atoms. The third kappa shape index (κ3) is 28.4. The molecule has 236 valence electrons. The molecule has 0 aliphatic heterocycles. The third-order valence-electron chi connectivity index (χ3n) is 7.38. The molecule has 0 saturated heterocycles. The summed E-state index contributed by atoms with van der Waals surface area (Å²) in [5, 5.41) is 13.1. The standard InChI is InChI=1S/C33H63NO5S/c1-3-5-7-9-11-13-14-15-16-17-18-19-20-21-22-24-26-28-32(35)31(30-40(37,38)39)34-33(36)29-27-25-23-12-10-8-6-4-2/h20-21,26,28,31-32,35H,3-19,22-25,27,29-30H2,1-2H3,(H,34,36)(H,37,38,39)/b21-20+,28-26+. The molecule has 0 rings (SSSR count). The second kappa shape index (κ2) is 28.0. The van der Waals surface area contributed by atoms with Gasteiger partial charge in [0.15, 0.2) is 0 Å². The van der Waals surface area contributed by atoms with Crippen LogP contribution in [0.5, 0.6) is 0 Å². The molecule has 0 aliphatic rings. The van der Waals surface area contributed by atoms with Crippen molar-refractivity contribution >= 4 is 16.0 Å². The van der Waals surface area contributed by atoms with Crippen molar-refractivity contribution in [2.75, 3.05) is 5.75 Å². The van der Waals surface area contributed by atoms with Gasteiger partial charge in [-0.25, -0.2) is 0 Å². The highest BCUT2D eigenvalue weighted by Crippen LogP contribution is 2.13. The van der Waals surface area contributed by atoms with Gasteiger partial charge in [0.2, 0.25) is 5.91 Å². The highest BCUT2D eigenvalue weighted by Gasteiger charge is 2.24. The van der Waals surface area contributed by atoms with E-state index in [0.717, 1.165) is 38.5 Å². The van der Waals surface area contributed by atoms with Crippen molar-refractivity contribution in [3.8, 4) is 0 Å². The quantitative estimate of drug-likeness (QED) is 0.0462. The van der Waals surface area contributed by atoms with Crippen molar-refractivity contribution in [1.82, 2.24) is 5.32 Å². The zero-order valence-electron chi connectivity index (χ0n) is 26.0. The molecule has 0 aromatic carbocycles. The van der Waals surface area contributed by atoms with Crippen LogP contribution in [0.25, 0.3) is 0 Å². The Balaban J connectivity index is 4.05. The van der Waals surface area contributed by atoms with Crippen LogP contribution in [0.1, 0.15) is 162 Å². The van der Waals surface area contributed by atoms with Gasteiger partial charge in [0, 0.05) is 6.42 Å². The largest absolute Gasteiger partial charge is 0.387 e. The van der Waals surface area contributed by atoms with Gasteiger partial charge in [0.25, 0.3) is 10.1 Å². The molecule has 3 N–H and O–H groups in total. The maximum absolute atomic E-state index is 12.3. The van der Waals surface area contributed by atoms with Gasteiger partial charge in [-0.1, -0.05) is 147 Å². The molecular weight excluding hydrogens is 522 g/mol. The number of amides is 1. The normalized spacial score (nSPS) is 13.8. The molecule has 0 radical (unpaired) electrons. The Kier molecular flexibility index (Phi) is 27.1. The van der Waals surface area contributed by atoms with E-state index in [1.807, 2.05) is 0 Å². The van der Waals surface area contributed by atoms with Crippen LogP contribution in [0.4, 0.5) is 0 Å². The number of aliphatic hydroxyl groups is 1. The lowest BCUT2D eigenvalue weighted by Gasteiger charge is -2.21. The van der Waals surface area contributed by atoms with E-state index in [1.54, 1.807) is 6.08 Å². The minimum absolute atomic E-state index is 0.289. The average molecular weight is 586 g/mol. The molecule has 0 saturated carbocycles. The van der Waals surface area contributed by atoms with Gasteiger partial charge in [-0.3, -0.25) is 9.35 Å². The van der Waals surface area contributed by atoms with E-state index in [0.29, 0.717) is 0 Å². The Bertz CT molecular complexity index is 735. The van der Waals surface area contributed by atoms with Crippen LogP contribution in [0.3, 0.4) is 0 Å². The number of hydrogen-bond donors (Lipinski definition) is 3. The Hall–Kier alpha value is -1.18. The number of unbranched alkanes of at least 4 members (excludes halogenated alkanes) is 19. The second-order valence-electron chi connectivity index (χ2n) is 11.4. The highest BCUT2D eigenvalue weighted by molar-refractivity contribution is 7.85. The van der Waals surface area contributed by atoms with Crippen LogP contribution in [0.2, 0.25) is 0 Å². The predicted octanol–water partition coefficient (Wildman–Crippen LogP) is 8.84. The predicted molar refractivity (Wildman–Crippen MR) is 170 cm³/mol. The molecule has 2 atom stereocenters. The summed E-state index contributed by atoms with van der Waals surface area (Å²) in [4.78, 5) is 12.3. The Morgan fingerprint density at radius 2 is 1.07 bits per heavy atom. The monoisotopic (exact) mass is 585 g/mol. The molecule has 2 unspecified atom stereocenters. The van der Waals surface area contributed by atoms with Crippen molar-refractivity contribution in [2.45, 2.75) is 174 Å². The fourth-order valence-electron chi connectivity index (χ4n) is 4.88. The molecular formula is C33H63NO5S. The van der Waals surface area contributed by atoms with Gasteiger partial charge in [-0.2, -0.15) is 8.42 Å². The zero-order valence-corrected chi connectivity index (χ0v) is 26.8. The van der Waals surface area contributed by atoms with Crippen LogP contribution < -0.4 is 5.32 Å². The van der Waals surface area contributed by atoms with E-state index in [2.05, 4.69) is 31.3 Å². The third-order valence-corrected chi connectivity index (χ3v) is 8.16. The highest BCUT2D eigenvalue weighted by atomic mass is 32.2. The summed E-state index contributed by atoms with van der Waals surface area (Å²) in [6.45, 7) is 4.45. The fraction of sp³-hybridized carbons (Fsp3) is 0.848. The summed E-state index contributed by atoms with van der Waals surface area (Å²) in [6, 6.07) is -1.07. The van der Waals surface area contributed by atoms with Gasteiger partial charge >= 0.3 is 0 Å². The lowest BCUT2D eigenvalue weighted by atomic mass is 10.1. The van der Waals surface area contributed by atoms with E-state index in [1.165, 1.54) is 109 Å². The first-order chi connectivity index (χ1) is 19.3. The van der Waals surface area contributed by atoms with Crippen molar-refractivity contribution in [2.24, 2.45) is 0 Å². The maximum atomic E-state index is 12.3. The van der Waals surface area contributed by atoms with Gasteiger partial charge in [0.1, 0.15) is 0 Å². The molecule has 0 spiro atoms. The SMILES string of the molecule is CCCCCCCCCCCCC/C=C/CC/C=C/C(O)C(CS(=O)(=O)O)NC(=O)CCCCCCCCCC. The van der Waals surface area contributed by atoms with Gasteiger partial charge in [0.05, 0.1) is 17.9 Å². The molecule has 6 nitrogen and oxygen atoms in total. The van der Waals surface area contributed by atoms with Crippen LogP contribution in [-0.4, -0.2) is 41.9 Å². The fourth-order valence-corrected chi connectivity index (χ4v) is 5.61. The smallest absolute Gasteiger partial charge is 0.267 e. The minimum atomic E-state index is -4.34. The van der Waals surface area contributed by atoms with Crippen molar-refractivity contribution in [3.05, 3.63) is 24.3 Å². The van der Waals surface area contributed by atoms with Gasteiger partial charge < -0.3 is 10.4 Å². The Labute approximate surface area is 247 Å². The van der Waals surface area contributed by atoms with E-state index in [-0.39, 0.29) is 12.3 Å². The van der Waals surface area contributed by atoms with Crippen LogP contribution in [-0.2, 0) is 14.9 Å². The summed E-state index contributed by atoms with van der Waals surface area (Å²) in [5.41, 5.74) is 0. The van der Waals surface area contributed by atoms with Crippen LogP contribution in [0, 0.1) is 0 Å². The van der Waals surface area contributed by atoms with E-state index in [9.17, 15) is 22.9 Å². The number of carbonyl (C=O) groups excluding carboxylic acids is 1. The van der Waals surface area contributed by atoms with Crippen molar-refractivity contribution < 1.29 is 22.9 Å². The topological polar surface area (TPSA) is 104 Å².